The van der Waals surface area contributed by atoms with Crippen molar-refractivity contribution in [2.75, 3.05) is 5.32 Å². The Kier molecular flexibility index (Phi) is 5.67. The molecule has 2 aromatic rings. The number of carbonyl (C=O) groups is 2. The maximum atomic E-state index is 11.8. The number of anilines is 1. The van der Waals surface area contributed by atoms with Gasteiger partial charge in [-0.1, -0.05) is 6.07 Å². The zero-order chi connectivity index (χ0) is 17.5. The Bertz CT molecular complexity index is 800. The summed E-state index contributed by atoms with van der Waals surface area (Å²) in [7, 11) is 0. The number of carboxylic acid groups (broad SMARTS) is 1. The summed E-state index contributed by atoms with van der Waals surface area (Å²) >= 11 is 0. The fourth-order valence-electron chi connectivity index (χ4n) is 1.97. The zero-order valence-corrected chi connectivity index (χ0v) is 13.0. The SMILES string of the molecule is CC(=O)Nc1cccc(OCc2ncc(CCC(=O)O)c(=O)[nH]2)c1. The van der Waals surface area contributed by atoms with Crippen LogP contribution >= 0.6 is 0 Å². The smallest absolute Gasteiger partial charge is 0.303 e. The molecule has 0 saturated heterocycles. The first kappa shape index (κ1) is 17.2. The van der Waals surface area contributed by atoms with Crippen LogP contribution in [0.4, 0.5) is 5.69 Å². The number of hydrogen-bond donors (Lipinski definition) is 3. The molecule has 1 aromatic carbocycles. The molecular weight excluding hydrogens is 314 g/mol. The van der Waals surface area contributed by atoms with Crippen molar-refractivity contribution in [3.05, 3.63) is 52.2 Å². The molecule has 0 aliphatic carbocycles. The van der Waals surface area contributed by atoms with E-state index in [1.807, 2.05) is 0 Å². The van der Waals surface area contributed by atoms with Crippen molar-refractivity contribution in [3.8, 4) is 5.75 Å². The predicted octanol–water partition coefficient (Wildman–Crippen LogP) is 1.32. The number of ether oxygens (including phenoxy) is 1. The van der Waals surface area contributed by atoms with Gasteiger partial charge in [0.25, 0.3) is 5.56 Å². The molecule has 3 N–H and O–H groups in total. The molecule has 0 fully saturated rings. The third-order valence-corrected chi connectivity index (χ3v) is 3.06. The Morgan fingerprint density at radius 2 is 2.17 bits per heavy atom. The van der Waals surface area contributed by atoms with Crippen LogP contribution in [0.25, 0.3) is 0 Å². The van der Waals surface area contributed by atoms with Gasteiger partial charge in [0.2, 0.25) is 5.91 Å². The maximum absolute atomic E-state index is 11.8. The Labute approximate surface area is 137 Å². The van der Waals surface area contributed by atoms with Gasteiger partial charge >= 0.3 is 5.97 Å². The lowest BCUT2D eigenvalue weighted by atomic mass is 10.2. The van der Waals surface area contributed by atoms with Gasteiger partial charge in [0, 0.05) is 36.9 Å². The van der Waals surface area contributed by atoms with Gasteiger partial charge < -0.3 is 20.1 Å². The van der Waals surface area contributed by atoms with Crippen LogP contribution in [0, 0.1) is 0 Å². The third kappa shape index (κ3) is 5.24. The Balaban J connectivity index is 1.99. The Hall–Kier alpha value is -3.16. The molecule has 0 bridgehead atoms. The quantitative estimate of drug-likeness (QED) is 0.703. The van der Waals surface area contributed by atoms with Gasteiger partial charge in [0.1, 0.15) is 18.2 Å². The first-order valence-electron chi connectivity index (χ1n) is 7.23. The lowest BCUT2D eigenvalue weighted by Gasteiger charge is -2.08. The summed E-state index contributed by atoms with van der Waals surface area (Å²) in [4.78, 5) is 40.0. The first-order valence-corrected chi connectivity index (χ1v) is 7.23. The number of nitrogens with one attached hydrogen (secondary N) is 2. The van der Waals surface area contributed by atoms with E-state index in [9.17, 15) is 14.4 Å². The topological polar surface area (TPSA) is 121 Å². The lowest BCUT2D eigenvalue weighted by molar-refractivity contribution is -0.137. The Morgan fingerprint density at radius 1 is 1.38 bits per heavy atom. The largest absolute Gasteiger partial charge is 0.486 e. The van der Waals surface area contributed by atoms with Crippen molar-refractivity contribution in [2.24, 2.45) is 0 Å². The van der Waals surface area contributed by atoms with E-state index in [-0.39, 0.29) is 30.9 Å². The molecule has 8 heteroatoms. The van der Waals surface area contributed by atoms with Gasteiger partial charge in [-0.2, -0.15) is 0 Å². The minimum Gasteiger partial charge on any atom is -0.486 e. The molecule has 0 unspecified atom stereocenters. The number of benzene rings is 1. The molecule has 1 heterocycles. The number of carboxylic acids is 1. The van der Waals surface area contributed by atoms with Crippen LogP contribution in [0.5, 0.6) is 5.75 Å². The van der Waals surface area contributed by atoms with E-state index in [4.69, 9.17) is 9.84 Å². The van der Waals surface area contributed by atoms with Crippen LogP contribution in [0.3, 0.4) is 0 Å². The summed E-state index contributed by atoms with van der Waals surface area (Å²) in [6.07, 6.45) is 1.35. The number of rotatable bonds is 7. The second-order valence-electron chi connectivity index (χ2n) is 5.08. The standard InChI is InChI=1S/C16H17N3O5/c1-10(20)18-12-3-2-4-13(7-12)24-9-14-17-8-11(16(23)19-14)5-6-15(21)22/h2-4,7-8H,5-6,9H2,1H3,(H,18,20)(H,21,22)(H,17,19,23). The van der Waals surface area contributed by atoms with E-state index in [2.05, 4.69) is 15.3 Å². The molecule has 0 saturated carbocycles. The van der Waals surface area contributed by atoms with Crippen LogP contribution < -0.4 is 15.6 Å². The average molecular weight is 331 g/mol. The number of hydrogen-bond acceptors (Lipinski definition) is 5. The number of aryl methyl sites for hydroxylation is 1. The summed E-state index contributed by atoms with van der Waals surface area (Å²) in [5.41, 5.74) is 0.538. The van der Waals surface area contributed by atoms with Gasteiger partial charge in [-0.15, -0.1) is 0 Å². The van der Waals surface area contributed by atoms with Gasteiger partial charge in [0.15, 0.2) is 0 Å². The molecule has 2 rings (SSSR count). The molecule has 1 amide bonds. The van der Waals surface area contributed by atoms with Gasteiger partial charge in [-0.25, -0.2) is 4.98 Å². The number of aliphatic carboxylic acids is 1. The third-order valence-electron chi connectivity index (χ3n) is 3.06. The number of aromatic amines is 1. The van der Waals surface area contributed by atoms with E-state index < -0.39 is 5.97 Å². The molecule has 0 atom stereocenters. The molecule has 0 aliphatic rings. The minimum atomic E-state index is -0.971. The van der Waals surface area contributed by atoms with E-state index >= 15 is 0 Å². The van der Waals surface area contributed by atoms with Crippen LogP contribution in [0.15, 0.2) is 35.3 Å². The van der Waals surface area contributed by atoms with Crippen molar-refractivity contribution >= 4 is 17.6 Å². The van der Waals surface area contributed by atoms with Crippen LogP contribution in [-0.2, 0) is 22.6 Å². The van der Waals surface area contributed by atoms with E-state index in [1.165, 1.54) is 13.1 Å². The lowest BCUT2D eigenvalue weighted by Crippen LogP contribution is -2.18. The molecular formula is C16H17N3O5. The fourth-order valence-corrected chi connectivity index (χ4v) is 1.97. The van der Waals surface area contributed by atoms with Crippen LogP contribution in [0.2, 0.25) is 0 Å². The molecule has 0 aliphatic heterocycles. The second kappa shape index (κ2) is 7.91. The highest BCUT2D eigenvalue weighted by atomic mass is 16.5. The van der Waals surface area contributed by atoms with E-state index in [1.54, 1.807) is 24.3 Å². The normalized spacial score (nSPS) is 10.2. The molecule has 0 radical (unpaired) electrons. The van der Waals surface area contributed by atoms with Crippen molar-refractivity contribution in [3.63, 3.8) is 0 Å². The summed E-state index contributed by atoms with van der Waals surface area (Å²) in [6.45, 7) is 1.45. The number of aromatic nitrogens is 2. The van der Waals surface area contributed by atoms with Crippen molar-refractivity contribution < 1.29 is 19.4 Å². The summed E-state index contributed by atoms with van der Waals surface area (Å²) in [5.74, 6) is -0.321. The summed E-state index contributed by atoms with van der Waals surface area (Å²) in [5, 5.41) is 11.3. The fraction of sp³-hybridized carbons (Fsp3) is 0.250. The van der Waals surface area contributed by atoms with Crippen LogP contribution in [-0.4, -0.2) is 27.0 Å². The maximum Gasteiger partial charge on any atom is 0.303 e. The molecule has 126 valence electrons. The van der Waals surface area contributed by atoms with Gasteiger partial charge in [-0.3, -0.25) is 14.4 Å². The monoisotopic (exact) mass is 331 g/mol. The van der Waals surface area contributed by atoms with Crippen LogP contribution in [0.1, 0.15) is 24.7 Å². The minimum absolute atomic E-state index is 0.0397. The zero-order valence-electron chi connectivity index (χ0n) is 13.0. The van der Waals surface area contributed by atoms with Crippen molar-refractivity contribution in [2.45, 2.75) is 26.4 Å². The highest BCUT2D eigenvalue weighted by molar-refractivity contribution is 5.88. The second-order valence-corrected chi connectivity index (χ2v) is 5.08. The highest BCUT2D eigenvalue weighted by Crippen LogP contribution is 2.18. The number of H-pyrrole nitrogens is 1. The van der Waals surface area contributed by atoms with Gasteiger partial charge in [0.05, 0.1) is 0 Å². The van der Waals surface area contributed by atoms with E-state index in [0.717, 1.165) is 0 Å². The first-order chi connectivity index (χ1) is 11.4. The highest BCUT2D eigenvalue weighted by Gasteiger charge is 2.06. The number of nitrogens with zero attached hydrogens (tertiary/aromatic N) is 1. The molecule has 0 spiro atoms. The van der Waals surface area contributed by atoms with Crippen molar-refractivity contribution in [1.29, 1.82) is 0 Å². The average Bonchev–Trinajstić information content (AvgIpc) is 2.51. The molecule has 1 aromatic heterocycles. The van der Waals surface area contributed by atoms with Gasteiger partial charge in [-0.05, 0) is 18.6 Å². The number of amides is 1. The van der Waals surface area contributed by atoms with E-state index in [0.29, 0.717) is 22.8 Å². The molecule has 8 nitrogen and oxygen atoms in total. The summed E-state index contributed by atoms with van der Waals surface area (Å²) < 4.78 is 5.53. The molecule has 24 heavy (non-hydrogen) atoms. The predicted molar refractivity (Wildman–Crippen MR) is 85.9 cm³/mol. The number of carbonyl (C=O) groups excluding carboxylic acids is 1. The van der Waals surface area contributed by atoms with Crippen molar-refractivity contribution in [1.82, 2.24) is 9.97 Å². The Morgan fingerprint density at radius 3 is 2.83 bits per heavy atom. The summed E-state index contributed by atoms with van der Waals surface area (Å²) in [6, 6.07) is 6.82.